The zero-order valence-electron chi connectivity index (χ0n) is 14.5. The summed E-state index contributed by atoms with van der Waals surface area (Å²) in [7, 11) is 0. The molecule has 0 N–H and O–H groups in total. The molecule has 3 rings (SSSR count). The summed E-state index contributed by atoms with van der Waals surface area (Å²) >= 11 is 0. The predicted octanol–water partition coefficient (Wildman–Crippen LogP) is 3.22. The molecule has 0 saturated carbocycles. The molecule has 6 heteroatoms. The minimum Gasteiger partial charge on any atom is -0.359 e. The molecule has 2 aromatic heterocycles. The molecule has 23 heavy (non-hydrogen) atoms. The lowest BCUT2D eigenvalue weighted by molar-refractivity contribution is 0.0713. The number of aryl methyl sites for hydroxylation is 1. The van der Waals surface area contributed by atoms with Crippen molar-refractivity contribution in [1.29, 1.82) is 0 Å². The molecule has 0 spiro atoms. The second-order valence-corrected chi connectivity index (χ2v) is 7.25. The van der Waals surface area contributed by atoms with Gasteiger partial charge in [0.15, 0.2) is 5.76 Å². The molecule has 1 amide bonds. The van der Waals surface area contributed by atoms with Gasteiger partial charge in [0.05, 0.1) is 29.0 Å². The van der Waals surface area contributed by atoms with Crippen LogP contribution in [0.1, 0.15) is 67.2 Å². The van der Waals surface area contributed by atoms with Crippen molar-refractivity contribution in [3.63, 3.8) is 0 Å². The van der Waals surface area contributed by atoms with Crippen LogP contribution >= 0.6 is 0 Å². The Bertz CT molecular complexity index is 723. The molecule has 1 aliphatic heterocycles. The Morgan fingerprint density at radius 3 is 2.65 bits per heavy atom. The summed E-state index contributed by atoms with van der Waals surface area (Å²) in [5, 5.41) is 8.37. The highest BCUT2D eigenvalue weighted by Crippen LogP contribution is 2.34. The van der Waals surface area contributed by atoms with Crippen LogP contribution in [0.25, 0.3) is 0 Å². The monoisotopic (exact) mass is 316 g/mol. The van der Waals surface area contributed by atoms with Crippen molar-refractivity contribution < 1.29 is 9.32 Å². The Kier molecular flexibility index (Phi) is 3.78. The maximum atomic E-state index is 13.0. The number of aromatic nitrogens is 3. The van der Waals surface area contributed by atoms with Crippen LogP contribution in [-0.4, -0.2) is 32.3 Å². The zero-order valence-corrected chi connectivity index (χ0v) is 14.5. The van der Waals surface area contributed by atoms with E-state index in [0.717, 1.165) is 36.5 Å². The molecule has 1 atom stereocenters. The van der Waals surface area contributed by atoms with E-state index in [4.69, 9.17) is 4.52 Å². The maximum absolute atomic E-state index is 13.0. The van der Waals surface area contributed by atoms with Gasteiger partial charge in [0.25, 0.3) is 5.91 Å². The van der Waals surface area contributed by atoms with Crippen molar-refractivity contribution >= 4 is 5.91 Å². The normalized spacial score (nSPS) is 18.7. The molecule has 0 radical (unpaired) electrons. The van der Waals surface area contributed by atoms with Gasteiger partial charge in [0, 0.05) is 18.3 Å². The molecule has 124 valence electrons. The van der Waals surface area contributed by atoms with Crippen LogP contribution in [0.15, 0.2) is 16.8 Å². The van der Waals surface area contributed by atoms with Gasteiger partial charge in [-0.1, -0.05) is 5.16 Å². The molecule has 0 unspecified atom stereocenters. The molecule has 0 aliphatic carbocycles. The summed E-state index contributed by atoms with van der Waals surface area (Å²) in [5.41, 5.74) is 2.27. The second kappa shape index (κ2) is 5.51. The maximum Gasteiger partial charge on any atom is 0.257 e. The minimum atomic E-state index is -0.144. The first-order valence-corrected chi connectivity index (χ1v) is 8.08. The van der Waals surface area contributed by atoms with Crippen LogP contribution in [0.5, 0.6) is 0 Å². The fraction of sp³-hybridized carbons (Fsp3) is 0.588. The van der Waals surface area contributed by atoms with Crippen molar-refractivity contribution in [3.05, 3.63) is 35.0 Å². The number of hydrogen-bond donors (Lipinski definition) is 0. The van der Waals surface area contributed by atoms with E-state index in [1.165, 1.54) is 0 Å². The van der Waals surface area contributed by atoms with E-state index in [1.807, 2.05) is 29.5 Å². The molecular formula is C17H24N4O2. The topological polar surface area (TPSA) is 64.2 Å². The summed E-state index contributed by atoms with van der Waals surface area (Å²) < 4.78 is 7.30. The molecule has 1 saturated heterocycles. The smallest absolute Gasteiger partial charge is 0.257 e. The number of likely N-dealkylation sites (tertiary alicyclic amines) is 1. The number of rotatable bonds is 2. The lowest BCUT2D eigenvalue weighted by Crippen LogP contribution is -2.31. The Hall–Kier alpha value is -2.11. The average molecular weight is 316 g/mol. The van der Waals surface area contributed by atoms with Crippen molar-refractivity contribution in [2.24, 2.45) is 0 Å². The summed E-state index contributed by atoms with van der Waals surface area (Å²) in [4.78, 5) is 14.9. The largest absolute Gasteiger partial charge is 0.359 e. The van der Waals surface area contributed by atoms with Gasteiger partial charge in [0.2, 0.25) is 0 Å². The fourth-order valence-electron chi connectivity index (χ4n) is 3.30. The highest BCUT2D eigenvalue weighted by molar-refractivity contribution is 5.95. The van der Waals surface area contributed by atoms with Crippen molar-refractivity contribution in [2.45, 2.75) is 59.0 Å². The molecule has 1 aliphatic rings. The Balaban J connectivity index is 1.89. The number of hydrogen-bond acceptors (Lipinski definition) is 4. The van der Waals surface area contributed by atoms with Gasteiger partial charge in [-0.05, 0) is 47.5 Å². The minimum absolute atomic E-state index is 0.0227. The first-order chi connectivity index (χ1) is 10.8. The SMILES string of the molecule is Cc1cc([C@@H]2CCCN2C(=O)c2cnn(C(C)(C)C)c2C)on1. The third kappa shape index (κ3) is 2.78. The van der Waals surface area contributed by atoms with Crippen molar-refractivity contribution in [1.82, 2.24) is 19.8 Å². The van der Waals surface area contributed by atoms with Gasteiger partial charge in [-0.15, -0.1) is 0 Å². The standard InChI is InChI=1S/C17H24N4O2/c1-11-9-15(23-19-11)14-7-6-8-20(14)16(22)13-10-18-21(12(13)2)17(3,4)5/h9-10,14H,6-8H2,1-5H3/t14-/m0/s1. The number of carbonyl (C=O) groups is 1. The third-order valence-corrected chi connectivity index (χ3v) is 4.36. The van der Waals surface area contributed by atoms with Gasteiger partial charge >= 0.3 is 0 Å². The highest BCUT2D eigenvalue weighted by Gasteiger charge is 2.35. The predicted molar refractivity (Wildman–Crippen MR) is 86.2 cm³/mol. The number of amides is 1. The molecule has 0 aromatic carbocycles. The first kappa shape index (κ1) is 15.8. The average Bonchev–Trinajstić information content (AvgIpc) is 3.15. The Labute approximate surface area is 136 Å². The van der Waals surface area contributed by atoms with Crippen LogP contribution in [-0.2, 0) is 5.54 Å². The van der Waals surface area contributed by atoms with Gasteiger partial charge in [-0.3, -0.25) is 9.48 Å². The Morgan fingerprint density at radius 2 is 2.09 bits per heavy atom. The van der Waals surface area contributed by atoms with Gasteiger partial charge < -0.3 is 9.42 Å². The molecule has 2 aromatic rings. The van der Waals surface area contributed by atoms with Crippen molar-refractivity contribution in [3.8, 4) is 0 Å². The van der Waals surface area contributed by atoms with E-state index in [1.54, 1.807) is 6.20 Å². The van der Waals surface area contributed by atoms with Crippen LogP contribution in [0.4, 0.5) is 0 Å². The fourth-order valence-corrected chi connectivity index (χ4v) is 3.30. The number of nitrogens with zero attached hydrogens (tertiary/aromatic N) is 4. The number of carbonyl (C=O) groups excluding carboxylic acids is 1. The summed E-state index contributed by atoms with van der Waals surface area (Å²) in [6.07, 6.45) is 3.57. The molecule has 0 bridgehead atoms. The van der Waals surface area contributed by atoms with Crippen LogP contribution in [0.3, 0.4) is 0 Å². The van der Waals surface area contributed by atoms with E-state index in [0.29, 0.717) is 5.56 Å². The molecule has 6 nitrogen and oxygen atoms in total. The second-order valence-electron chi connectivity index (χ2n) is 7.25. The van der Waals surface area contributed by atoms with Crippen molar-refractivity contribution in [2.75, 3.05) is 6.54 Å². The van der Waals surface area contributed by atoms with Gasteiger partial charge in [-0.2, -0.15) is 5.10 Å². The van der Waals surface area contributed by atoms with Gasteiger partial charge in [-0.25, -0.2) is 0 Å². The van der Waals surface area contributed by atoms with Gasteiger partial charge in [0.1, 0.15) is 0 Å². The molecule has 1 fully saturated rings. The van der Waals surface area contributed by atoms with Crippen LogP contribution in [0.2, 0.25) is 0 Å². The highest BCUT2D eigenvalue weighted by atomic mass is 16.5. The molecule has 3 heterocycles. The zero-order chi connectivity index (χ0) is 16.8. The first-order valence-electron chi connectivity index (χ1n) is 8.08. The van der Waals surface area contributed by atoms with E-state index >= 15 is 0 Å². The van der Waals surface area contributed by atoms with E-state index in [9.17, 15) is 4.79 Å². The lowest BCUT2D eigenvalue weighted by Gasteiger charge is -2.24. The summed E-state index contributed by atoms with van der Waals surface area (Å²) in [6.45, 7) is 10.8. The van der Waals surface area contributed by atoms with E-state index in [-0.39, 0.29) is 17.5 Å². The van der Waals surface area contributed by atoms with Crippen LogP contribution in [0, 0.1) is 13.8 Å². The molecular weight excluding hydrogens is 292 g/mol. The Morgan fingerprint density at radius 1 is 1.35 bits per heavy atom. The van der Waals surface area contributed by atoms with E-state index in [2.05, 4.69) is 31.0 Å². The third-order valence-electron chi connectivity index (χ3n) is 4.36. The quantitative estimate of drug-likeness (QED) is 0.853. The summed E-state index contributed by atoms with van der Waals surface area (Å²) in [6, 6.07) is 1.89. The lowest BCUT2D eigenvalue weighted by atomic mass is 10.1. The van der Waals surface area contributed by atoms with E-state index < -0.39 is 0 Å². The summed E-state index contributed by atoms with van der Waals surface area (Å²) in [5.74, 6) is 0.795. The van der Waals surface area contributed by atoms with Crippen LogP contribution < -0.4 is 0 Å².